The van der Waals surface area contributed by atoms with Crippen molar-refractivity contribution in [3.05, 3.63) is 35.4 Å². The fraction of sp³-hybridized carbons (Fsp3) is 0.529. The standard InChI is InChI=1S/C17H28N4O2.HI/c1-5-18-17(20-11-12-23-4)19-10-9-14-7-6-8-15(13-14)16(22)21(2)3;/h6-8,13H,5,9-12H2,1-4H3,(H2,18,19,20);1H. The van der Waals surface area contributed by atoms with Gasteiger partial charge in [0, 0.05) is 39.9 Å². The van der Waals surface area contributed by atoms with Crippen molar-refractivity contribution in [2.45, 2.75) is 13.3 Å². The largest absolute Gasteiger partial charge is 0.383 e. The van der Waals surface area contributed by atoms with Gasteiger partial charge in [-0.15, -0.1) is 24.0 Å². The smallest absolute Gasteiger partial charge is 0.253 e. The Bertz CT molecular complexity index is 521. The summed E-state index contributed by atoms with van der Waals surface area (Å²) < 4.78 is 5.00. The number of nitrogens with zero attached hydrogens (tertiary/aromatic N) is 2. The number of hydrogen-bond acceptors (Lipinski definition) is 3. The molecule has 0 saturated heterocycles. The van der Waals surface area contributed by atoms with Crippen LogP contribution in [0.4, 0.5) is 0 Å². The molecular formula is C17H29IN4O2. The summed E-state index contributed by atoms with van der Waals surface area (Å²) in [5, 5.41) is 6.48. The predicted octanol–water partition coefficient (Wildman–Crippen LogP) is 1.75. The molecule has 136 valence electrons. The quantitative estimate of drug-likeness (QED) is 0.275. The van der Waals surface area contributed by atoms with Crippen LogP contribution in [0.25, 0.3) is 0 Å². The van der Waals surface area contributed by atoms with Gasteiger partial charge in [0.05, 0.1) is 13.2 Å². The van der Waals surface area contributed by atoms with Gasteiger partial charge in [0.15, 0.2) is 5.96 Å². The van der Waals surface area contributed by atoms with Crippen LogP contribution in [0.15, 0.2) is 29.3 Å². The highest BCUT2D eigenvalue weighted by molar-refractivity contribution is 14.0. The van der Waals surface area contributed by atoms with E-state index in [-0.39, 0.29) is 29.9 Å². The molecule has 0 aliphatic rings. The molecule has 1 aromatic carbocycles. The molecule has 1 aromatic rings. The second kappa shape index (κ2) is 13.0. The minimum atomic E-state index is 0. The Hall–Kier alpha value is -1.35. The second-order valence-corrected chi connectivity index (χ2v) is 5.33. The average molecular weight is 448 g/mol. The van der Waals surface area contributed by atoms with Crippen LogP contribution in [0.1, 0.15) is 22.8 Å². The lowest BCUT2D eigenvalue weighted by atomic mass is 10.1. The third-order valence-electron chi connectivity index (χ3n) is 3.20. The van der Waals surface area contributed by atoms with Gasteiger partial charge in [-0.05, 0) is 31.0 Å². The molecule has 0 spiro atoms. The Labute approximate surface area is 162 Å². The van der Waals surface area contributed by atoms with Crippen LogP contribution in [-0.2, 0) is 11.2 Å². The first-order valence-corrected chi connectivity index (χ1v) is 7.90. The molecule has 0 aliphatic carbocycles. The number of amides is 1. The molecule has 24 heavy (non-hydrogen) atoms. The summed E-state index contributed by atoms with van der Waals surface area (Å²) in [6, 6.07) is 7.74. The highest BCUT2D eigenvalue weighted by atomic mass is 127. The van der Waals surface area contributed by atoms with Gasteiger partial charge in [-0.1, -0.05) is 12.1 Å². The highest BCUT2D eigenvalue weighted by Gasteiger charge is 2.08. The zero-order chi connectivity index (χ0) is 17.1. The van der Waals surface area contributed by atoms with Crippen LogP contribution in [-0.4, -0.2) is 64.2 Å². The van der Waals surface area contributed by atoms with Crippen molar-refractivity contribution in [3.8, 4) is 0 Å². The van der Waals surface area contributed by atoms with E-state index >= 15 is 0 Å². The van der Waals surface area contributed by atoms with Gasteiger partial charge in [0.2, 0.25) is 0 Å². The number of halogens is 1. The first kappa shape index (κ1) is 22.6. The lowest BCUT2D eigenvalue weighted by Crippen LogP contribution is -2.38. The second-order valence-electron chi connectivity index (χ2n) is 5.33. The van der Waals surface area contributed by atoms with Gasteiger partial charge in [0.1, 0.15) is 0 Å². The minimum absolute atomic E-state index is 0. The van der Waals surface area contributed by atoms with Gasteiger partial charge in [-0.2, -0.15) is 0 Å². The molecule has 0 atom stereocenters. The summed E-state index contributed by atoms with van der Waals surface area (Å²) >= 11 is 0. The van der Waals surface area contributed by atoms with Crippen LogP contribution in [0, 0.1) is 0 Å². The van der Waals surface area contributed by atoms with E-state index < -0.39 is 0 Å². The van der Waals surface area contributed by atoms with Crippen LogP contribution in [0.2, 0.25) is 0 Å². The molecule has 2 N–H and O–H groups in total. The van der Waals surface area contributed by atoms with Crippen LogP contribution in [0.3, 0.4) is 0 Å². The number of nitrogens with one attached hydrogen (secondary N) is 2. The van der Waals surface area contributed by atoms with E-state index in [9.17, 15) is 4.79 Å². The topological polar surface area (TPSA) is 66.0 Å². The molecule has 1 rings (SSSR count). The molecule has 0 unspecified atom stereocenters. The molecule has 6 nitrogen and oxygen atoms in total. The fourth-order valence-electron chi connectivity index (χ4n) is 2.03. The summed E-state index contributed by atoms with van der Waals surface area (Å²) in [5.41, 5.74) is 1.84. The lowest BCUT2D eigenvalue weighted by molar-refractivity contribution is 0.0827. The number of carbonyl (C=O) groups is 1. The van der Waals surface area contributed by atoms with Crippen molar-refractivity contribution in [1.29, 1.82) is 0 Å². The van der Waals surface area contributed by atoms with E-state index in [0.717, 1.165) is 31.0 Å². The van der Waals surface area contributed by atoms with E-state index in [1.165, 1.54) is 0 Å². The molecule has 0 aliphatic heterocycles. The molecular weight excluding hydrogens is 419 g/mol. The maximum absolute atomic E-state index is 12.0. The average Bonchev–Trinajstić information content (AvgIpc) is 2.54. The van der Waals surface area contributed by atoms with Gasteiger partial charge >= 0.3 is 0 Å². The molecule has 0 bridgehead atoms. The molecule has 0 fully saturated rings. The lowest BCUT2D eigenvalue weighted by Gasteiger charge is -2.13. The number of methoxy groups -OCH3 is 1. The molecule has 0 aromatic heterocycles. The zero-order valence-corrected chi connectivity index (χ0v) is 17.3. The number of ether oxygens (including phenoxy) is 1. The number of carbonyl (C=O) groups excluding carboxylic acids is 1. The maximum Gasteiger partial charge on any atom is 0.253 e. The Morgan fingerprint density at radius 3 is 2.67 bits per heavy atom. The molecule has 0 radical (unpaired) electrons. The van der Waals surface area contributed by atoms with E-state index in [0.29, 0.717) is 18.7 Å². The van der Waals surface area contributed by atoms with Gasteiger partial charge in [0.25, 0.3) is 5.91 Å². The zero-order valence-electron chi connectivity index (χ0n) is 15.0. The van der Waals surface area contributed by atoms with Crippen LogP contribution >= 0.6 is 24.0 Å². The van der Waals surface area contributed by atoms with E-state index in [2.05, 4.69) is 15.6 Å². The Balaban J connectivity index is 0.00000529. The normalized spacial score (nSPS) is 10.8. The Morgan fingerprint density at radius 1 is 1.29 bits per heavy atom. The number of hydrogen-bond donors (Lipinski definition) is 2. The third kappa shape index (κ3) is 8.49. The Morgan fingerprint density at radius 2 is 2.04 bits per heavy atom. The molecule has 1 amide bonds. The summed E-state index contributed by atoms with van der Waals surface area (Å²) in [5.74, 6) is 0.805. The summed E-state index contributed by atoms with van der Waals surface area (Å²) in [4.78, 5) is 18.0. The van der Waals surface area contributed by atoms with Crippen molar-refractivity contribution in [3.63, 3.8) is 0 Å². The predicted molar refractivity (Wildman–Crippen MR) is 109 cm³/mol. The molecule has 0 heterocycles. The van der Waals surface area contributed by atoms with Crippen molar-refractivity contribution >= 4 is 35.8 Å². The van der Waals surface area contributed by atoms with E-state index in [1.54, 1.807) is 26.1 Å². The van der Waals surface area contributed by atoms with E-state index in [1.807, 2.05) is 31.2 Å². The third-order valence-corrected chi connectivity index (χ3v) is 3.20. The van der Waals surface area contributed by atoms with Crippen molar-refractivity contribution in [2.75, 3.05) is 47.4 Å². The number of aliphatic imine (C=N–C) groups is 1. The van der Waals surface area contributed by atoms with Crippen molar-refractivity contribution in [2.24, 2.45) is 4.99 Å². The van der Waals surface area contributed by atoms with Crippen LogP contribution in [0.5, 0.6) is 0 Å². The first-order valence-electron chi connectivity index (χ1n) is 7.90. The van der Waals surface area contributed by atoms with Crippen LogP contribution < -0.4 is 10.6 Å². The first-order chi connectivity index (χ1) is 11.1. The molecule has 7 heteroatoms. The SMILES string of the molecule is CCNC(=NCCOC)NCCc1cccc(C(=O)N(C)C)c1.I. The maximum atomic E-state index is 12.0. The fourth-order valence-corrected chi connectivity index (χ4v) is 2.03. The Kier molecular flexibility index (Phi) is 12.3. The van der Waals surface area contributed by atoms with Gasteiger partial charge in [-0.3, -0.25) is 9.79 Å². The monoisotopic (exact) mass is 448 g/mol. The van der Waals surface area contributed by atoms with Gasteiger partial charge < -0.3 is 20.3 Å². The number of benzene rings is 1. The van der Waals surface area contributed by atoms with Crippen molar-refractivity contribution < 1.29 is 9.53 Å². The summed E-state index contributed by atoms with van der Waals surface area (Å²) in [6.07, 6.45) is 0.823. The minimum Gasteiger partial charge on any atom is -0.383 e. The van der Waals surface area contributed by atoms with E-state index in [4.69, 9.17) is 4.74 Å². The van der Waals surface area contributed by atoms with Crippen molar-refractivity contribution in [1.82, 2.24) is 15.5 Å². The number of rotatable bonds is 8. The van der Waals surface area contributed by atoms with Gasteiger partial charge in [-0.25, -0.2) is 0 Å². The summed E-state index contributed by atoms with van der Waals surface area (Å²) in [7, 11) is 5.18. The summed E-state index contributed by atoms with van der Waals surface area (Å²) in [6.45, 7) is 4.82. The number of guanidine groups is 1. The highest BCUT2D eigenvalue weighted by Crippen LogP contribution is 2.07. The molecule has 0 saturated carbocycles.